The van der Waals surface area contributed by atoms with E-state index in [9.17, 15) is 9.59 Å². The van der Waals surface area contributed by atoms with Gasteiger partial charge in [0.2, 0.25) is 0 Å². The van der Waals surface area contributed by atoms with Crippen molar-refractivity contribution in [3.8, 4) is 5.69 Å². The summed E-state index contributed by atoms with van der Waals surface area (Å²) in [4.78, 5) is 30.8. The molecule has 29 heavy (non-hydrogen) atoms. The van der Waals surface area contributed by atoms with Crippen molar-refractivity contribution >= 4 is 17.6 Å². The summed E-state index contributed by atoms with van der Waals surface area (Å²) in [6.45, 7) is 4.17. The second-order valence-electron chi connectivity index (χ2n) is 6.64. The molecule has 1 aromatic carbocycles. The predicted octanol–water partition coefficient (Wildman–Crippen LogP) is 3.49. The lowest BCUT2D eigenvalue weighted by Gasteiger charge is -2.23. The highest BCUT2D eigenvalue weighted by Crippen LogP contribution is 2.28. The van der Waals surface area contributed by atoms with Crippen LogP contribution in [0.3, 0.4) is 0 Å². The molecule has 150 valence electrons. The van der Waals surface area contributed by atoms with E-state index in [0.29, 0.717) is 5.69 Å². The van der Waals surface area contributed by atoms with Crippen LogP contribution in [0, 0.1) is 0 Å². The van der Waals surface area contributed by atoms with E-state index in [0.717, 1.165) is 11.5 Å². The fraction of sp³-hybridized carbons (Fsp3) is 0.227. The Bertz CT molecular complexity index is 997. The van der Waals surface area contributed by atoms with Crippen molar-refractivity contribution in [1.82, 2.24) is 9.55 Å². The molecule has 1 aliphatic rings. The lowest BCUT2D eigenvalue weighted by Crippen LogP contribution is -2.26. The Hall–Kier alpha value is -3.61. The van der Waals surface area contributed by atoms with Gasteiger partial charge in [-0.1, -0.05) is 19.9 Å². The summed E-state index contributed by atoms with van der Waals surface area (Å²) in [6, 6.07) is 7.60. The Kier molecular flexibility index (Phi) is 5.97. The Morgan fingerprint density at radius 1 is 0.966 bits per heavy atom. The lowest BCUT2D eigenvalue weighted by molar-refractivity contribution is -0.139. The van der Waals surface area contributed by atoms with Gasteiger partial charge in [0.1, 0.15) is 11.5 Å². The zero-order valence-corrected chi connectivity index (χ0v) is 16.8. The van der Waals surface area contributed by atoms with Crippen molar-refractivity contribution in [2.75, 3.05) is 19.1 Å². The number of esters is 2. The molecule has 0 spiro atoms. The molecular weight excluding hydrogens is 370 g/mol. The highest BCUT2D eigenvalue weighted by molar-refractivity contribution is 6.05. The van der Waals surface area contributed by atoms with E-state index in [4.69, 9.17) is 9.47 Å². The van der Waals surface area contributed by atoms with Crippen molar-refractivity contribution in [3.05, 3.63) is 78.2 Å². The molecule has 0 saturated heterocycles. The van der Waals surface area contributed by atoms with Crippen LogP contribution < -0.4 is 4.90 Å². The Morgan fingerprint density at radius 3 is 2.24 bits per heavy atom. The Morgan fingerprint density at radius 2 is 1.62 bits per heavy atom. The molecule has 0 N–H and O–H groups in total. The van der Waals surface area contributed by atoms with Gasteiger partial charge in [0, 0.05) is 35.9 Å². The molecule has 1 aromatic heterocycles. The summed E-state index contributed by atoms with van der Waals surface area (Å²) in [5.41, 5.74) is 1.85. The fourth-order valence-corrected chi connectivity index (χ4v) is 3.10. The number of hydrogen-bond acceptors (Lipinski definition) is 6. The van der Waals surface area contributed by atoms with Crippen LogP contribution >= 0.6 is 0 Å². The zero-order valence-electron chi connectivity index (χ0n) is 16.8. The molecule has 7 nitrogen and oxygen atoms in total. The Balaban J connectivity index is 2.05. The van der Waals surface area contributed by atoms with Crippen LogP contribution in [0.25, 0.3) is 5.69 Å². The third-order valence-electron chi connectivity index (χ3n) is 4.48. The predicted molar refractivity (Wildman–Crippen MR) is 109 cm³/mol. The van der Waals surface area contributed by atoms with Gasteiger partial charge in [0.25, 0.3) is 0 Å². The topological polar surface area (TPSA) is 73.7 Å². The smallest absolute Gasteiger partial charge is 0.355 e. The highest BCUT2D eigenvalue weighted by Gasteiger charge is 2.27. The highest BCUT2D eigenvalue weighted by atomic mass is 16.5. The minimum absolute atomic E-state index is 0.0857. The number of carbonyl (C=O) groups is 2. The third-order valence-corrected chi connectivity index (χ3v) is 4.48. The van der Waals surface area contributed by atoms with Gasteiger partial charge in [-0.05, 0) is 36.4 Å². The summed E-state index contributed by atoms with van der Waals surface area (Å²) < 4.78 is 11.8. The number of anilines is 1. The van der Waals surface area contributed by atoms with Crippen LogP contribution in [0.4, 0.5) is 5.69 Å². The van der Waals surface area contributed by atoms with Gasteiger partial charge < -0.3 is 18.9 Å². The maximum atomic E-state index is 12.5. The van der Waals surface area contributed by atoms with E-state index in [1.54, 1.807) is 29.4 Å². The molecule has 3 rings (SSSR count). The van der Waals surface area contributed by atoms with Gasteiger partial charge in [-0.25, -0.2) is 14.6 Å². The quantitative estimate of drug-likeness (QED) is 0.724. The number of imidazole rings is 1. The van der Waals surface area contributed by atoms with E-state index >= 15 is 0 Å². The molecule has 0 fully saturated rings. The number of methoxy groups -OCH3 is 2. The summed E-state index contributed by atoms with van der Waals surface area (Å²) in [5.74, 6) is -0.0187. The van der Waals surface area contributed by atoms with Gasteiger partial charge in [0.05, 0.1) is 19.8 Å². The number of aromatic nitrogens is 2. The van der Waals surface area contributed by atoms with Crippen molar-refractivity contribution < 1.29 is 19.1 Å². The lowest BCUT2D eigenvalue weighted by atomic mass is 10.1. The molecule has 2 heterocycles. The number of nitrogens with zero attached hydrogens (tertiary/aromatic N) is 3. The largest absolute Gasteiger partial charge is 0.465 e. The van der Waals surface area contributed by atoms with Crippen molar-refractivity contribution in [2.45, 2.75) is 19.8 Å². The van der Waals surface area contributed by atoms with Crippen molar-refractivity contribution in [1.29, 1.82) is 0 Å². The standard InChI is InChI=1S/C22H23N3O4/c1-15(2)20-23-12-14-25(20)17-10-8-16(9-11-17)24-13-6-5-7-18(21(26)28-3)19(24)22(27)29-4/h5-15H,1-4H3. The van der Waals surface area contributed by atoms with Crippen LogP contribution in [0.2, 0.25) is 0 Å². The van der Waals surface area contributed by atoms with Gasteiger partial charge in [-0.3, -0.25) is 0 Å². The average molecular weight is 393 g/mol. The van der Waals surface area contributed by atoms with Crippen LogP contribution in [-0.4, -0.2) is 35.7 Å². The first-order valence-corrected chi connectivity index (χ1v) is 9.16. The molecule has 0 bridgehead atoms. The summed E-state index contributed by atoms with van der Waals surface area (Å²) in [7, 11) is 2.54. The van der Waals surface area contributed by atoms with Gasteiger partial charge >= 0.3 is 11.9 Å². The average Bonchev–Trinajstić information content (AvgIpc) is 3.13. The maximum absolute atomic E-state index is 12.5. The Labute approximate surface area is 169 Å². The molecule has 0 unspecified atom stereocenters. The number of ether oxygens (including phenoxy) is 2. The first-order chi connectivity index (χ1) is 14.0. The fourth-order valence-electron chi connectivity index (χ4n) is 3.10. The second-order valence-corrected chi connectivity index (χ2v) is 6.64. The van der Waals surface area contributed by atoms with Gasteiger partial charge in [0.15, 0.2) is 0 Å². The van der Waals surface area contributed by atoms with Crippen molar-refractivity contribution in [3.63, 3.8) is 0 Å². The summed E-state index contributed by atoms with van der Waals surface area (Å²) in [6.07, 6.45) is 10.3. The zero-order chi connectivity index (χ0) is 21.0. The van der Waals surface area contributed by atoms with Crippen LogP contribution in [-0.2, 0) is 19.1 Å². The number of rotatable bonds is 5. The monoisotopic (exact) mass is 393 g/mol. The summed E-state index contributed by atoms with van der Waals surface area (Å²) in [5, 5.41) is 0. The number of allylic oxidation sites excluding steroid dienone is 2. The van der Waals surface area contributed by atoms with E-state index < -0.39 is 11.9 Å². The molecule has 7 heteroatoms. The van der Waals surface area contributed by atoms with Crippen LogP contribution in [0.1, 0.15) is 25.6 Å². The normalized spacial score (nSPS) is 13.6. The molecule has 1 aliphatic heterocycles. The molecule has 2 aromatic rings. The number of hydrogen-bond donors (Lipinski definition) is 0. The van der Waals surface area contributed by atoms with E-state index in [1.165, 1.54) is 20.3 Å². The van der Waals surface area contributed by atoms with E-state index in [2.05, 4.69) is 18.8 Å². The first kappa shape index (κ1) is 20.1. The van der Waals surface area contributed by atoms with Crippen molar-refractivity contribution in [2.24, 2.45) is 0 Å². The molecule has 0 atom stereocenters. The molecule has 0 amide bonds. The third kappa shape index (κ3) is 3.99. The minimum atomic E-state index is -0.637. The van der Waals surface area contributed by atoms with Gasteiger partial charge in [-0.15, -0.1) is 0 Å². The SMILES string of the molecule is COC(=O)C1=C(C(=O)OC)N(c2ccc(-n3ccnc3C(C)C)cc2)C=CC=C1. The van der Waals surface area contributed by atoms with E-state index in [-0.39, 0.29) is 17.2 Å². The molecule has 0 saturated carbocycles. The van der Waals surface area contributed by atoms with Crippen LogP contribution in [0.5, 0.6) is 0 Å². The molecular formula is C22H23N3O4. The molecule has 0 aliphatic carbocycles. The number of benzene rings is 1. The van der Waals surface area contributed by atoms with Crippen LogP contribution in [0.15, 0.2) is 72.4 Å². The van der Waals surface area contributed by atoms with Gasteiger partial charge in [-0.2, -0.15) is 0 Å². The minimum Gasteiger partial charge on any atom is -0.465 e. The molecule has 0 radical (unpaired) electrons. The first-order valence-electron chi connectivity index (χ1n) is 9.16. The second kappa shape index (κ2) is 8.60. The number of carbonyl (C=O) groups excluding carboxylic acids is 2. The van der Waals surface area contributed by atoms with E-state index in [1.807, 2.05) is 35.0 Å². The maximum Gasteiger partial charge on any atom is 0.355 e. The summed E-state index contributed by atoms with van der Waals surface area (Å²) >= 11 is 0.